The summed E-state index contributed by atoms with van der Waals surface area (Å²) in [6, 6.07) is 6.86. The van der Waals surface area contributed by atoms with Gasteiger partial charge in [-0.15, -0.1) is 0 Å². The highest BCUT2D eigenvalue weighted by atomic mass is 32.2. The van der Waals surface area contributed by atoms with Gasteiger partial charge >= 0.3 is 0 Å². The molecule has 0 bridgehead atoms. The van der Waals surface area contributed by atoms with Crippen molar-refractivity contribution in [2.75, 3.05) is 13.1 Å². The van der Waals surface area contributed by atoms with Crippen LogP contribution in [0.25, 0.3) is 0 Å². The van der Waals surface area contributed by atoms with Gasteiger partial charge in [-0.05, 0) is 24.5 Å². The van der Waals surface area contributed by atoms with Crippen molar-refractivity contribution in [3.8, 4) is 0 Å². The molecule has 1 aliphatic heterocycles. The fourth-order valence-electron chi connectivity index (χ4n) is 3.10. The molecule has 2 atom stereocenters. The fourth-order valence-corrected chi connectivity index (χ4v) is 4.69. The van der Waals surface area contributed by atoms with Gasteiger partial charge in [0.1, 0.15) is 5.78 Å². The molecule has 2 unspecified atom stereocenters. The van der Waals surface area contributed by atoms with Crippen molar-refractivity contribution >= 4 is 15.8 Å². The minimum absolute atomic E-state index is 0.104. The molecule has 1 saturated heterocycles. The lowest BCUT2D eigenvalue weighted by Gasteiger charge is -2.38. The molecule has 3 rings (SSSR count). The van der Waals surface area contributed by atoms with Gasteiger partial charge in [-0.2, -0.15) is 4.31 Å². The summed E-state index contributed by atoms with van der Waals surface area (Å²) < 4.78 is 26.5. The van der Waals surface area contributed by atoms with Gasteiger partial charge in [0.2, 0.25) is 10.0 Å². The number of Topliss-reactive ketones (excluding diaryl/α,β-unsaturated/α-hetero) is 1. The number of hydrogen-bond donors (Lipinski definition) is 0. The van der Waals surface area contributed by atoms with Crippen LogP contribution in [0.5, 0.6) is 0 Å². The smallest absolute Gasteiger partial charge is 0.243 e. The molecule has 102 valence electrons. The number of benzene rings is 1. The predicted octanol–water partition coefficient (Wildman–Crippen LogP) is 1.59. The highest BCUT2D eigenvalue weighted by Gasteiger charge is 2.57. The summed E-state index contributed by atoms with van der Waals surface area (Å²) in [6.45, 7) is 4.72. The zero-order chi connectivity index (χ0) is 13.8. The number of aryl methyl sites for hydroxylation is 1. The van der Waals surface area contributed by atoms with E-state index in [2.05, 4.69) is 0 Å². The van der Waals surface area contributed by atoms with E-state index in [0.29, 0.717) is 24.4 Å². The van der Waals surface area contributed by atoms with E-state index in [9.17, 15) is 13.2 Å². The molecule has 0 N–H and O–H groups in total. The first kappa shape index (κ1) is 12.8. The average molecular weight is 279 g/mol. The molecule has 2 aliphatic rings. The Morgan fingerprint density at radius 3 is 2.42 bits per heavy atom. The molecule has 19 heavy (non-hydrogen) atoms. The zero-order valence-electron chi connectivity index (χ0n) is 11.1. The van der Waals surface area contributed by atoms with Crippen molar-refractivity contribution in [2.45, 2.75) is 25.2 Å². The van der Waals surface area contributed by atoms with Gasteiger partial charge in [0.15, 0.2) is 0 Å². The van der Waals surface area contributed by atoms with Gasteiger partial charge in [0.25, 0.3) is 0 Å². The summed E-state index contributed by atoms with van der Waals surface area (Å²) >= 11 is 0. The highest BCUT2D eigenvalue weighted by Crippen LogP contribution is 2.50. The lowest BCUT2D eigenvalue weighted by atomic mass is 9.63. The molecule has 5 heteroatoms. The monoisotopic (exact) mass is 279 g/mol. The van der Waals surface area contributed by atoms with Gasteiger partial charge in [-0.3, -0.25) is 4.79 Å². The summed E-state index contributed by atoms with van der Waals surface area (Å²) in [6.07, 6.45) is 0.511. The normalized spacial score (nSPS) is 31.1. The zero-order valence-corrected chi connectivity index (χ0v) is 11.9. The average Bonchev–Trinajstić information content (AvgIpc) is 2.62. The third kappa shape index (κ3) is 1.83. The van der Waals surface area contributed by atoms with Crippen LogP contribution in [0.3, 0.4) is 0 Å². The molecule has 1 aromatic carbocycles. The van der Waals surface area contributed by atoms with Crippen molar-refractivity contribution in [3.05, 3.63) is 29.8 Å². The molecular formula is C14H17NO3S. The molecule has 1 saturated carbocycles. The standard InChI is InChI=1S/C14H17NO3S/c1-10-3-5-11(6-4-10)19(17,18)15-8-12-13(16)7-14(12,2)9-15/h3-6,12H,7-9H2,1-2H3. The maximum absolute atomic E-state index is 12.5. The second-order valence-corrected chi connectivity index (χ2v) is 7.90. The van der Waals surface area contributed by atoms with Crippen LogP contribution in [-0.2, 0) is 14.8 Å². The first-order valence-corrected chi connectivity index (χ1v) is 7.86. The summed E-state index contributed by atoms with van der Waals surface area (Å²) in [5.74, 6) is 0.0943. The second kappa shape index (κ2) is 3.90. The number of hydrogen-bond acceptors (Lipinski definition) is 3. The van der Waals surface area contributed by atoms with Gasteiger partial charge in [-0.25, -0.2) is 8.42 Å². The Bertz CT molecular complexity index is 635. The van der Waals surface area contributed by atoms with Crippen LogP contribution in [0.1, 0.15) is 18.9 Å². The van der Waals surface area contributed by atoms with Crippen LogP contribution >= 0.6 is 0 Å². The minimum atomic E-state index is -3.46. The molecule has 0 amide bonds. The molecule has 1 aromatic rings. The summed E-state index contributed by atoms with van der Waals surface area (Å²) in [4.78, 5) is 11.9. The third-order valence-electron chi connectivity index (χ3n) is 4.39. The molecule has 0 radical (unpaired) electrons. The number of nitrogens with zero attached hydrogens (tertiary/aromatic N) is 1. The Kier molecular flexibility index (Phi) is 2.63. The van der Waals surface area contributed by atoms with E-state index in [1.165, 1.54) is 4.31 Å². The van der Waals surface area contributed by atoms with E-state index >= 15 is 0 Å². The van der Waals surface area contributed by atoms with Crippen LogP contribution in [0.2, 0.25) is 0 Å². The van der Waals surface area contributed by atoms with Crippen LogP contribution in [0.4, 0.5) is 0 Å². The van der Waals surface area contributed by atoms with Crippen molar-refractivity contribution in [1.82, 2.24) is 4.31 Å². The second-order valence-electron chi connectivity index (χ2n) is 5.96. The summed E-state index contributed by atoms with van der Waals surface area (Å²) in [5, 5.41) is 0. The van der Waals surface area contributed by atoms with Gasteiger partial charge in [0.05, 0.1) is 4.90 Å². The third-order valence-corrected chi connectivity index (χ3v) is 6.22. The largest absolute Gasteiger partial charge is 0.299 e. The Morgan fingerprint density at radius 2 is 1.89 bits per heavy atom. The SMILES string of the molecule is Cc1ccc(S(=O)(=O)N2CC3C(=O)CC3(C)C2)cc1. The molecular weight excluding hydrogens is 262 g/mol. The molecule has 1 heterocycles. The van der Waals surface area contributed by atoms with Crippen molar-refractivity contribution in [2.24, 2.45) is 11.3 Å². The van der Waals surface area contributed by atoms with Gasteiger partial charge in [0, 0.05) is 25.4 Å². The van der Waals surface area contributed by atoms with Crippen LogP contribution in [0.15, 0.2) is 29.2 Å². The molecule has 2 fully saturated rings. The summed E-state index contributed by atoms with van der Waals surface area (Å²) in [7, 11) is -3.46. The van der Waals surface area contributed by atoms with E-state index in [1.807, 2.05) is 13.8 Å². The predicted molar refractivity (Wildman–Crippen MR) is 71.2 cm³/mol. The minimum Gasteiger partial charge on any atom is -0.299 e. The number of carbonyl (C=O) groups is 1. The Labute approximate surface area is 113 Å². The lowest BCUT2D eigenvalue weighted by molar-refractivity contribution is -0.137. The Morgan fingerprint density at radius 1 is 1.26 bits per heavy atom. The number of carbonyl (C=O) groups excluding carboxylic acids is 1. The van der Waals surface area contributed by atoms with Crippen molar-refractivity contribution in [3.63, 3.8) is 0 Å². The highest BCUT2D eigenvalue weighted by molar-refractivity contribution is 7.89. The van der Waals surface area contributed by atoms with E-state index in [-0.39, 0.29) is 17.1 Å². The number of fused-ring (bicyclic) bond motifs is 1. The molecule has 1 aliphatic carbocycles. The van der Waals surface area contributed by atoms with Crippen LogP contribution < -0.4 is 0 Å². The molecule has 4 nitrogen and oxygen atoms in total. The van der Waals surface area contributed by atoms with E-state index < -0.39 is 10.0 Å². The van der Waals surface area contributed by atoms with Crippen LogP contribution in [0, 0.1) is 18.3 Å². The number of ketones is 1. The number of sulfonamides is 1. The van der Waals surface area contributed by atoms with Gasteiger partial charge < -0.3 is 0 Å². The first-order valence-electron chi connectivity index (χ1n) is 6.42. The van der Waals surface area contributed by atoms with Gasteiger partial charge in [-0.1, -0.05) is 24.6 Å². The van der Waals surface area contributed by atoms with Crippen molar-refractivity contribution in [1.29, 1.82) is 0 Å². The van der Waals surface area contributed by atoms with Crippen LogP contribution in [-0.4, -0.2) is 31.6 Å². The van der Waals surface area contributed by atoms with E-state index in [0.717, 1.165) is 5.56 Å². The van der Waals surface area contributed by atoms with E-state index in [4.69, 9.17) is 0 Å². The quantitative estimate of drug-likeness (QED) is 0.826. The first-order chi connectivity index (χ1) is 8.83. The Balaban J connectivity index is 1.90. The Hall–Kier alpha value is -1.20. The fraction of sp³-hybridized carbons (Fsp3) is 0.500. The maximum Gasteiger partial charge on any atom is 0.243 e. The summed E-state index contributed by atoms with van der Waals surface area (Å²) in [5.41, 5.74) is 0.886. The van der Waals surface area contributed by atoms with E-state index in [1.54, 1.807) is 24.3 Å². The topological polar surface area (TPSA) is 54.5 Å². The maximum atomic E-state index is 12.5. The number of rotatable bonds is 2. The lowest BCUT2D eigenvalue weighted by Crippen LogP contribution is -2.45. The molecule has 0 spiro atoms. The van der Waals surface area contributed by atoms with Crippen molar-refractivity contribution < 1.29 is 13.2 Å². The molecule has 0 aromatic heterocycles.